The van der Waals surface area contributed by atoms with Crippen LogP contribution in [0.15, 0.2) is 22.4 Å². The average Bonchev–Trinajstić information content (AvgIpc) is 2.86. The summed E-state index contributed by atoms with van der Waals surface area (Å²) in [5.41, 5.74) is 13.1. The molecule has 1 aliphatic carbocycles. The van der Waals surface area contributed by atoms with Crippen LogP contribution in [0.2, 0.25) is 0 Å². The highest BCUT2D eigenvalue weighted by Crippen LogP contribution is 2.46. The molecule has 1 fully saturated rings. The van der Waals surface area contributed by atoms with Gasteiger partial charge in [-0.25, -0.2) is 0 Å². The molecule has 9 nitrogen and oxygen atoms in total. The van der Waals surface area contributed by atoms with Crippen molar-refractivity contribution < 1.29 is 9.59 Å². The highest BCUT2D eigenvalue weighted by atomic mass is 16.2. The summed E-state index contributed by atoms with van der Waals surface area (Å²) in [7, 11) is 0. The summed E-state index contributed by atoms with van der Waals surface area (Å²) in [4.78, 5) is 27.8. The Morgan fingerprint density at radius 1 is 1.07 bits per heavy atom. The number of nitrogens with zero attached hydrogens (tertiary/aromatic N) is 6. The van der Waals surface area contributed by atoms with E-state index in [2.05, 4.69) is 25.4 Å². The summed E-state index contributed by atoms with van der Waals surface area (Å²) in [5.74, 6) is -1.21. The number of ketones is 2. The summed E-state index contributed by atoms with van der Waals surface area (Å²) >= 11 is 0. The predicted octanol–water partition coefficient (Wildman–Crippen LogP) is 0.311. The zero-order chi connectivity index (χ0) is 11.1. The van der Waals surface area contributed by atoms with Gasteiger partial charge in [0.2, 0.25) is 0 Å². The minimum Gasteiger partial charge on any atom is -0.293 e. The predicted molar refractivity (Wildman–Crippen MR) is 46.0 cm³/mol. The summed E-state index contributed by atoms with van der Waals surface area (Å²) < 4.78 is 0. The summed E-state index contributed by atoms with van der Waals surface area (Å²) in [6.45, 7) is 0. The van der Waals surface area contributed by atoms with Crippen molar-refractivity contribution in [2.24, 2.45) is 10.2 Å². The first-order chi connectivity index (χ1) is 7.13. The second-order valence-electron chi connectivity index (χ2n) is 2.99. The maximum absolute atomic E-state index is 11.4. The number of carbonyl (C=O) groups is 2. The number of nitrogens with one attached hydrogen (secondary N) is 1. The molecule has 2 atom stereocenters. The van der Waals surface area contributed by atoms with Gasteiger partial charge in [-0.2, -0.15) is 0 Å². The first-order valence-electron chi connectivity index (χ1n) is 3.82. The first-order valence-corrected chi connectivity index (χ1v) is 3.82. The van der Waals surface area contributed by atoms with Crippen LogP contribution < -0.4 is 5.32 Å². The van der Waals surface area contributed by atoms with Crippen molar-refractivity contribution in [2.75, 3.05) is 0 Å². The van der Waals surface area contributed by atoms with Crippen molar-refractivity contribution >= 4 is 11.6 Å². The number of hydrogen-bond acceptors (Lipinski definition) is 5. The standard InChI is InChI=1S/C6H3N7O2/c7-12-10-5-3(14)1-2-4(15)6(5,9-5)11-13-8/h1-2,9H. The van der Waals surface area contributed by atoms with Crippen LogP contribution in [-0.2, 0) is 9.59 Å². The van der Waals surface area contributed by atoms with Crippen LogP contribution in [0.5, 0.6) is 0 Å². The molecule has 0 aromatic rings. The maximum Gasteiger partial charge on any atom is 0.193 e. The lowest BCUT2D eigenvalue weighted by Gasteiger charge is -2.12. The molecule has 0 bridgehead atoms. The number of azide groups is 2. The quantitative estimate of drug-likeness (QED) is 0.298. The molecule has 1 N–H and O–H groups in total. The van der Waals surface area contributed by atoms with E-state index >= 15 is 0 Å². The van der Waals surface area contributed by atoms with Crippen molar-refractivity contribution in [3.05, 3.63) is 33.0 Å². The fraction of sp³-hybridized carbons (Fsp3) is 0.333. The summed E-state index contributed by atoms with van der Waals surface area (Å²) in [6, 6.07) is 0. The molecule has 0 amide bonds. The van der Waals surface area contributed by atoms with Crippen molar-refractivity contribution in [1.29, 1.82) is 0 Å². The largest absolute Gasteiger partial charge is 0.293 e. The average molecular weight is 205 g/mol. The lowest BCUT2D eigenvalue weighted by atomic mass is 9.95. The van der Waals surface area contributed by atoms with Crippen molar-refractivity contribution in [3.8, 4) is 0 Å². The van der Waals surface area contributed by atoms with Gasteiger partial charge in [-0.05, 0) is 23.2 Å². The minimum absolute atomic E-state index is 0.604. The zero-order valence-corrected chi connectivity index (χ0v) is 7.15. The Kier molecular flexibility index (Phi) is 1.59. The van der Waals surface area contributed by atoms with Gasteiger partial charge in [0, 0.05) is 9.82 Å². The Labute approximate surface area is 82.0 Å². The highest BCUT2D eigenvalue weighted by Gasteiger charge is 2.76. The molecule has 1 aliphatic heterocycles. The van der Waals surface area contributed by atoms with E-state index in [9.17, 15) is 9.59 Å². The zero-order valence-electron chi connectivity index (χ0n) is 7.15. The van der Waals surface area contributed by atoms with Crippen LogP contribution >= 0.6 is 0 Å². The third-order valence-electron chi connectivity index (χ3n) is 2.31. The van der Waals surface area contributed by atoms with Gasteiger partial charge in [0.15, 0.2) is 22.9 Å². The molecular formula is C6H3N7O2. The number of rotatable bonds is 2. The second kappa shape index (κ2) is 2.58. The summed E-state index contributed by atoms with van der Waals surface area (Å²) in [5, 5.41) is 8.75. The molecule has 2 aliphatic rings. The van der Waals surface area contributed by atoms with Crippen LogP contribution in [0.1, 0.15) is 0 Å². The molecular weight excluding hydrogens is 202 g/mol. The molecule has 74 valence electrons. The molecule has 1 saturated heterocycles. The molecule has 0 spiro atoms. The van der Waals surface area contributed by atoms with Crippen LogP contribution in [-0.4, -0.2) is 22.9 Å². The van der Waals surface area contributed by atoms with Gasteiger partial charge in [0.1, 0.15) is 0 Å². The number of fused-ring (bicyclic) bond motifs is 1. The molecule has 2 rings (SSSR count). The third-order valence-corrected chi connectivity index (χ3v) is 2.31. The molecule has 0 aromatic carbocycles. The molecule has 0 aromatic heterocycles. The van der Waals surface area contributed by atoms with E-state index in [1.807, 2.05) is 0 Å². The minimum atomic E-state index is -1.76. The fourth-order valence-electron chi connectivity index (χ4n) is 1.53. The fourth-order valence-corrected chi connectivity index (χ4v) is 1.53. The Morgan fingerprint density at radius 2 is 1.47 bits per heavy atom. The SMILES string of the molecule is [N-]=[N+]=NC12NC1(N=[N+]=[N-])C(=O)C=CC2=O. The van der Waals surface area contributed by atoms with Crippen LogP contribution in [0, 0.1) is 0 Å². The monoisotopic (exact) mass is 205 g/mol. The van der Waals surface area contributed by atoms with Gasteiger partial charge in [0.25, 0.3) is 0 Å². The molecule has 2 unspecified atom stereocenters. The van der Waals surface area contributed by atoms with E-state index < -0.39 is 22.9 Å². The van der Waals surface area contributed by atoms with Crippen molar-refractivity contribution in [3.63, 3.8) is 0 Å². The van der Waals surface area contributed by atoms with Gasteiger partial charge >= 0.3 is 0 Å². The van der Waals surface area contributed by atoms with Crippen LogP contribution in [0.4, 0.5) is 0 Å². The van der Waals surface area contributed by atoms with Gasteiger partial charge in [-0.15, -0.1) is 0 Å². The van der Waals surface area contributed by atoms with E-state index in [-0.39, 0.29) is 0 Å². The second-order valence-corrected chi connectivity index (χ2v) is 2.99. The van der Waals surface area contributed by atoms with Gasteiger partial charge in [-0.3, -0.25) is 14.9 Å². The highest BCUT2D eigenvalue weighted by molar-refractivity contribution is 6.19. The molecule has 0 saturated carbocycles. The van der Waals surface area contributed by atoms with Gasteiger partial charge in [-0.1, -0.05) is 10.2 Å². The lowest BCUT2D eigenvalue weighted by molar-refractivity contribution is -0.123. The Hall–Kier alpha value is -2.34. The normalized spacial score (nSPS) is 36.3. The van der Waals surface area contributed by atoms with Gasteiger partial charge < -0.3 is 0 Å². The van der Waals surface area contributed by atoms with Crippen molar-refractivity contribution in [1.82, 2.24) is 5.32 Å². The van der Waals surface area contributed by atoms with Gasteiger partial charge in [0.05, 0.1) is 0 Å². The van der Waals surface area contributed by atoms with E-state index in [0.29, 0.717) is 0 Å². The van der Waals surface area contributed by atoms with E-state index in [4.69, 9.17) is 11.1 Å². The van der Waals surface area contributed by atoms with Crippen LogP contribution in [0.3, 0.4) is 0 Å². The lowest BCUT2D eigenvalue weighted by Crippen LogP contribution is -2.38. The Balaban J connectivity index is 2.62. The Bertz CT molecular complexity index is 454. The summed E-state index contributed by atoms with van der Waals surface area (Å²) in [6.07, 6.45) is 1.98. The molecule has 1 heterocycles. The molecule has 9 heteroatoms. The Morgan fingerprint density at radius 3 is 1.80 bits per heavy atom. The van der Waals surface area contributed by atoms with Crippen molar-refractivity contribution in [2.45, 2.75) is 11.3 Å². The number of hydrogen-bond donors (Lipinski definition) is 1. The van der Waals surface area contributed by atoms with E-state index in [0.717, 1.165) is 12.2 Å². The topological polar surface area (TPSA) is 154 Å². The molecule has 15 heavy (non-hydrogen) atoms. The third kappa shape index (κ3) is 0.856. The smallest absolute Gasteiger partial charge is 0.193 e. The van der Waals surface area contributed by atoms with Crippen LogP contribution in [0.25, 0.3) is 20.9 Å². The van der Waals surface area contributed by atoms with E-state index in [1.54, 1.807) is 0 Å². The van der Waals surface area contributed by atoms with E-state index in [1.165, 1.54) is 0 Å². The molecule has 0 radical (unpaired) electrons. The maximum atomic E-state index is 11.4. The first kappa shape index (κ1) is 9.22. The number of carbonyl (C=O) groups excluding carboxylic acids is 2.